The van der Waals surface area contributed by atoms with Crippen LogP contribution in [0, 0.1) is 0 Å². The molecule has 7 nitrogen and oxygen atoms in total. The van der Waals surface area contributed by atoms with Gasteiger partial charge in [-0.2, -0.15) is 0 Å². The number of amides is 2. The molecule has 0 aliphatic rings. The van der Waals surface area contributed by atoms with E-state index in [2.05, 4.69) is 10.6 Å². The number of benzene rings is 2. The standard InChI is InChI=1S/C16H16N2O5/c1-22-13-7-12(8-14(9-13)23-2)18-16(21)17-11-5-3-10(4-6-11)15(19)20/h3-9H,1-2H3,(H,19,20)(H2,17,18,21). The Morgan fingerprint density at radius 3 is 1.87 bits per heavy atom. The van der Waals surface area contributed by atoms with Gasteiger partial charge in [-0.15, -0.1) is 0 Å². The Balaban J connectivity index is 2.05. The van der Waals surface area contributed by atoms with Crippen molar-refractivity contribution in [1.29, 1.82) is 0 Å². The molecule has 0 saturated heterocycles. The molecule has 0 saturated carbocycles. The van der Waals surface area contributed by atoms with E-state index >= 15 is 0 Å². The van der Waals surface area contributed by atoms with Gasteiger partial charge in [-0.25, -0.2) is 9.59 Å². The first-order valence-corrected chi connectivity index (χ1v) is 6.66. The summed E-state index contributed by atoms with van der Waals surface area (Å²) in [5.74, 6) is 0.0698. The molecule has 0 heterocycles. The first kappa shape index (κ1) is 16.2. The van der Waals surface area contributed by atoms with Crippen molar-refractivity contribution in [3.8, 4) is 11.5 Å². The average molecular weight is 316 g/mol. The summed E-state index contributed by atoms with van der Waals surface area (Å²) in [6, 6.07) is 10.4. The first-order valence-electron chi connectivity index (χ1n) is 6.66. The second-order valence-corrected chi connectivity index (χ2v) is 4.56. The van der Waals surface area contributed by atoms with Crippen molar-refractivity contribution in [2.45, 2.75) is 0 Å². The molecule has 0 aromatic heterocycles. The van der Waals surface area contributed by atoms with Crippen LogP contribution in [0.25, 0.3) is 0 Å². The van der Waals surface area contributed by atoms with Crippen LogP contribution >= 0.6 is 0 Å². The minimum absolute atomic E-state index is 0.147. The van der Waals surface area contributed by atoms with Crippen LogP contribution in [0.2, 0.25) is 0 Å². The van der Waals surface area contributed by atoms with Crippen molar-refractivity contribution in [3.63, 3.8) is 0 Å². The highest BCUT2D eigenvalue weighted by Gasteiger charge is 2.07. The molecule has 0 unspecified atom stereocenters. The second-order valence-electron chi connectivity index (χ2n) is 4.56. The van der Waals surface area contributed by atoms with Gasteiger partial charge in [0.25, 0.3) is 0 Å². The van der Waals surface area contributed by atoms with Gasteiger partial charge in [-0.1, -0.05) is 0 Å². The van der Waals surface area contributed by atoms with E-state index in [0.29, 0.717) is 22.9 Å². The normalized spacial score (nSPS) is 9.83. The zero-order valence-electron chi connectivity index (χ0n) is 12.6. The SMILES string of the molecule is COc1cc(NC(=O)Nc2ccc(C(=O)O)cc2)cc(OC)c1. The van der Waals surface area contributed by atoms with Crippen LogP contribution in [-0.2, 0) is 0 Å². The maximum atomic E-state index is 12.0. The number of hydrogen-bond donors (Lipinski definition) is 3. The van der Waals surface area contributed by atoms with E-state index in [1.165, 1.54) is 38.5 Å². The molecule has 0 atom stereocenters. The number of carboxylic acids is 1. The van der Waals surface area contributed by atoms with Gasteiger partial charge in [0, 0.05) is 29.6 Å². The van der Waals surface area contributed by atoms with Crippen LogP contribution in [0.5, 0.6) is 11.5 Å². The third kappa shape index (κ3) is 4.37. The van der Waals surface area contributed by atoms with Crippen LogP contribution in [0.15, 0.2) is 42.5 Å². The largest absolute Gasteiger partial charge is 0.497 e. The van der Waals surface area contributed by atoms with Gasteiger partial charge in [0.05, 0.1) is 19.8 Å². The summed E-state index contributed by atoms with van der Waals surface area (Å²) in [5, 5.41) is 14.1. The monoisotopic (exact) mass is 316 g/mol. The zero-order valence-corrected chi connectivity index (χ0v) is 12.6. The molecule has 0 spiro atoms. The van der Waals surface area contributed by atoms with Crippen molar-refractivity contribution in [3.05, 3.63) is 48.0 Å². The number of rotatable bonds is 5. The smallest absolute Gasteiger partial charge is 0.335 e. The number of aromatic carboxylic acids is 1. The number of hydrogen-bond acceptors (Lipinski definition) is 4. The minimum atomic E-state index is -1.02. The third-order valence-corrected chi connectivity index (χ3v) is 3.00. The van der Waals surface area contributed by atoms with Crippen molar-refractivity contribution in [1.82, 2.24) is 0 Å². The van der Waals surface area contributed by atoms with E-state index in [-0.39, 0.29) is 5.56 Å². The van der Waals surface area contributed by atoms with Gasteiger partial charge in [-0.3, -0.25) is 0 Å². The fraction of sp³-hybridized carbons (Fsp3) is 0.125. The lowest BCUT2D eigenvalue weighted by atomic mass is 10.2. The number of carbonyl (C=O) groups excluding carboxylic acids is 1. The number of anilines is 2. The summed E-state index contributed by atoms with van der Waals surface area (Å²) in [7, 11) is 3.03. The third-order valence-electron chi connectivity index (χ3n) is 3.00. The lowest BCUT2D eigenvalue weighted by molar-refractivity contribution is 0.0697. The van der Waals surface area contributed by atoms with Gasteiger partial charge >= 0.3 is 12.0 Å². The molecule has 0 radical (unpaired) electrons. The van der Waals surface area contributed by atoms with E-state index in [4.69, 9.17) is 14.6 Å². The highest BCUT2D eigenvalue weighted by Crippen LogP contribution is 2.25. The van der Waals surface area contributed by atoms with Gasteiger partial charge in [0.15, 0.2) is 0 Å². The Bertz CT molecular complexity index is 691. The molecule has 2 aromatic carbocycles. The number of carbonyl (C=O) groups is 2. The van der Waals surface area contributed by atoms with Crippen LogP contribution in [-0.4, -0.2) is 31.3 Å². The van der Waals surface area contributed by atoms with Crippen LogP contribution in [0.3, 0.4) is 0 Å². The molecule has 3 N–H and O–H groups in total. The van der Waals surface area contributed by atoms with Crippen LogP contribution in [0.4, 0.5) is 16.2 Å². The molecule has 0 aliphatic heterocycles. The number of nitrogens with one attached hydrogen (secondary N) is 2. The predicted molar refractivity (Wildman–Crippen MR) is 85.6 cm³/mol. The van der Waals surface area contributed by atoms with E-state index < -0.39 is 12.0 Å². The molecular weight excluding hydrogens is 300 g/mol. The number of ether oxygens (including phenoxy) is 2. The van der Waals surface area contributed by atoms with E-state index in [1.54, 1.807) is 18.2 Å². The quantitative estimate of drug-likeness (QED) is 0.787. The van der Waals surface area contributed by atoms with Crippen molar-refractivity contribution >= 4 is 23.4 Å². The molecule has 0 bridgehead atoms. The van der Waals surface area contributed by atoms with Gasteiger partial charge in [0.2, 0.25) is 0 Å². The highest BCUT2D eigenvalue weighted by molar-refractivity contribution is 6.00. The molecule has 7 heteroatoms. The number of methoxy groups -OCH3 is 2. The van der Waals surface area contributed by atoms with Gasteiger partial charge < -0.3 is 25.2 Å². The van der Waals surface area contributed by atoms with Crippen molar-refractivity contribution in [2.75, 3.05) is 24.9 Å². The Kier molecular flexibility index (Phi) is 5.03. The fourth-order valence-electron chi connectivity index (χ4n) is 1.87. The van der Waals surface area contributed by atoms with E-state index in [9.17, 15) is 9.59 Å². The van der Waals surface area contributed by atoms with E-state index in [1.807, 2.05) is 0 Å². The van der Waals surface area contributed by atoms with Crippen molar-refractivity contribution < 1.29 is 24.2 Å². The Morgan fingerprint density at radius 2 is 1.39 bits per heavy atom. The summed E-state index contributed by atoms with van der Waals surface area (Å²) < 4.78 is 10.3. The molecule has 2 amide bonds. The Labute approximate surface area is 132 Å². The molecule has 2 rings (SSSR count). The molecule has 23 heavy (non-hydrogen) atoms. The van der Waals surface area contributed by atoms with Crippen LogP contribution in [0.1, 0.15) is 10.4 Å². The molecule has 0 fully saturated rings. The summed E-state index contributed by atoms with van der Waals surface area (Å²) in [5.41, 5.74) is 1.12. The maximum Gasteiger partial charge on any atom is 0.335 e. The molecular formula is C16H16N2O5. The predicted octanol–water partition coefficient (Wildman–Crippen LogP) is 3.05. The van der Waals surface area contributed by atoms with Crippen molar-refractivity contribution in [2.24, 2.45) is 0 Å². The topological polar surface area (TPSA) is 96.9 Å². The summed E-state index contributed by atoms with van der Waals surface area (Å²) in [6.07, 6.45) is 0. The minimum Gasteiger partial charge on any atom is -0.497 e. The van der Waals surface area contributed by atoms with Gasteiger partial charge in [-0.05, 0) is 24.3 Å². The Hall–Kier alpha value is -3.22. The second kappa shape index (κ2) is 7.17. The summed E-state index contributed by atoms with van der Waals surface area (Å²) in [6.45, 7) is 0. The number of urea groups is 1. The number of carboxylic acid groups (broad SMARTS) is 1. The lowest BCUT2D eigenvalue weighted by Crippen LogP contribution is -2.19. The first-order chi connectivity index (χ1) is 11.0. The molecule has 2 aromatic rings. The summed E-state index contributed by atoms with van der Waals surface area (Å²) >= 11 is 0. The fourth-order valence-corrected chi connectivity index (χ4v) is 1.87. The Morgan fingerprint density at radius 1 is 0.870 bits per heavy atom. The molecule has 0 aliphatic carbocycles. The molecule has 120 valence electrons. The zero-order chi connectivity index (χ0) is 16.8. The van der Waals surface area contributed by atoms with E-state index in [0.717, 1.165) is 0 Å². The average Bonchev–Trinajstić information content (AvgIpc) is 2.54. The highest BCUT2D eigenvalue weighted by atomic mass is 16.5. The van der Waals surface area contributed by atoms with Gasteiger partial charge in [0.1, 0.15) is 11.5 Å². The van der Waals surface area contributed by atoms with Crippen LogP contribution < -0.4 is 20.1 Å². The summed E-state index contributed by atoms with van der Waals surface area (Å²) in [4.78, 5) is 22.8. The lowest BCUT2D eigenvalue weighted by Gasteiger charge is -2.11. The maximum absolute atomic E-state index is 12.0.